The van der Waals surface area contributed by atoms with Gasteiger partial charge in [0.15, 0.2) is 0 Å². The van der Waals surface area contributed by atoms with Gasteiger partial charge in [0.05, 0.1) is 12.2 Å². The van der Waals surface area contributed by atoms with E-state index in [-0.39, 0.29) is 24.2 Å². The Morgan fingerprint density at radius 1 is 1.71 bits per heavy atom. The number of hydrogen-bond donors (Lipinski definition) is 2. The van der Waals surface area contributed by atoms with Crippen molar-refractivity contribution in [2.45, 2.75) is 12.0 Å². The highest BCUT2D eigenvalue weighted by molar-refractivity contribution is 6.32. The number of nitrogens with zero attached hydrogens (tertiary/aromatic N) is 1. The fourth-order valence-electron chi connectivity index (χ4n) is 1.63. The summed E-state index contributed by atoms with van der Waals surface area (Å²) in [4.78, 5) is 15.6. The fourth-order valence-corrected chi connectivity index (χ4v) is 1.84. The van der Waals surface area contributed by atoms with E-state index in [1.807, 2.05) is 0 Å². The molecule has 1 aliphatic heterocycles. The highest BCUT2D eigenvalue weighted by Crippen LogP contribution is 2.17. The molecule has 0 aromatic carbocycles. The van der Waals surface area contributed by atoms with Crippen LogP contribution < -0.4 is 5.32 Å². The quantitative estimate of drug-likeness (QED) is 0.778. The van der Waals surface area contributed by atoms with Gasteiger partial charge >= 0.3 is 0 Å². The number of aliphatic hydroxyl groups is 1. The highest BCUT2D eigenvalue weighted by Gasteiger charge is 2.32. The van der Waals surface area contributed by atoms with Crippen LogP contribution in [0.15, 0.2) is 18.3 Å². The molecule has 0 spiro atoms. The number of pyridine rings is 1. The lowest BCUT2D eigenvalue weighted by Crippen LogP contribution is -2.43. The van der Waals surface area contributed by atoms with Crippen molar-refractivity contribution in [2.75, 3.05) is 19.8 Å². The van der Waals surface area contributed by atoms with Gasteiger partial charge in [0.25, 0.3) is 5.91 Å². The van der Waals surface area contributed by atoms with Crippen LogP contribution in [0.2, 0.25) is 5.15 Å². The molecule has 2 rings (SSSR count). The summed E-state index contributed by atoms with van der Waals surface area (Å²) in [5, 5.41) is 12.7. The van der Waals surface area contributed by atoms with Crippen LogP contribution in [0.4, 0.5) is 0 Å². The first-order valence-electron chi connectivity index (χ1n) is 5.30. The number of nitrogens with one attached hydrogen (secondary N) is 1. The minimum atomic E-state index is -0.968. The van der Waals surface area contributed by atoms with Crippen LogP contribution in [0.5, 0.6) is 0 Å². The van der Waals surface area contributed by atoms with Gasteiger partial charge in [0, 0.05) is 25.8 Å². The van der Waals surface area contributed by atoms with Crippen LogP contribution in [0.1, 0.15) is 16.8 Å². The Bertz CT molecular complexity index is 419. The second-order valence-corrected chi connectivity index (χ2v) is 4.41. The molecule has 0 saturated carbocycles. The first-order chi connectivity index (χ1) is 8.11. The summed E-state index contributed by atoms with van der Waals surface area (Å²) in [6, 6.07) is 3.22. The second-order valence-electron chi connectivity index (χ2n) is 4.05. The van der Waals surface area contributed by atoms with E-state index in [1.165, 1.54) is 6.20 Å². The standard InChI is InChI=1S/C11H13ClN2O3/c12-9-8(2-1-4-13-9)10(15)14-6-11(16)3-5-17-7-11/h1-2,4,16H,3,5-7H2,(H,14,15). The van der Waals surface area contributed by atoms with Crippen LogP contribution in [-0.2, 0) is 4.74 Å². The van der Waals surface area contributed by atoms with Gasteiger partial charge in [-0.2, -0.15) is 0 Å². The van der Waals surface area contributed by atoms with Crippen LogP contribution in [-0.4, -0.2) is 41.4 Å². The molecule has 1 aromatic rings. The maximum absolute atomic E-state index is 11.8. The first-order valence-corrected chi connectivity index (χ1v) is 5.67. The van der Waals surface area contributed by atoms with Gasteiger partial charge in [-0.25, -0.2) is 4.98 Å². The summed E-state index contributed by atoms with van der Waals surface area (Å²) in [6.45, 7) is 0.908. The Morgan fingerprint density at radius 2 is 2.53 bits per heavy atom. The fraction of sp³-hybridized carbons (Fsp3) is 0.455. The van der Waals surface area contributed by atoms with Crippen molar-refractivity contribution in [3.05, 3.63) is 29.0 Å². The van der Waals surface area contributed by atoms with Crippen LogP contribution in [0, 0.1) is 0 Å². The molecule has 5 nitrogen and oxygen atoms in total. The van der Waals surface area contributed by atoms with Crippen LogP contribution >= 0.6 is 11.6 Å². The van der Waals surface area contributed by atoms with Gasteiger partial charge in [-0.1, -0.05) is 11.6 Å². The molecule has 2 N–H and O–H groups in total. The minimum absolute atomic E-state index is 0.150. The SMILES string of the molecule is O=C(NCC1(O)CCOC1)c1cccnc1Cl. The molecule has 1 amide bonds. The number of rotatable bonds is 3. The predicted octanol–water partition coefficient (Wildman–Crippen LogP) is 0.616. The van der Waals surface area contributed by atoms with Crippen molar-refractivity contribution in [2.24, 2.45) is 0 Å². The molecule has 0 bridgehead atoms. The maximum atomic E-state index is 11.8. The van der Waals surface area contributed by atoms with E-state index in [9.17, 15) is 9.90 Å². The largest absolute Gasteiger partial charge is 0.386 e. The maximum Gasteiger partial charge on any atom is 0.254 e. The summed E-state index contributed by atoms with van der Waals surface area (Å²) in [7, 11) is 0. The van der Waals surface area contributed by atoms with Crippen molar-refractivity contribution in [1.29, 1.82) is 0 Å². The van der Waals surface area contributed by atoms with E-state index in [0.29, 0.717) is 18.6 Å². The van der Waals surface area contributed by atoms with Gasteiger partial charge in [0.1, 0.15) is 10.8 Å². The van der Waals surface area contributed by atoms with Crippen molar-refractivity contribution >= 4 is 17.5 Å². The predicted molar refractivity (Wildman–Crippen MR) is 62.0 cm³/mol. The lowest BCUT2D eigenvalue weighted by molar-refractivity contribution is 0.0264. The summed E-state index contributed by atoms with van der Waals surface area (Å²) < 4.78 is 5.08. The Morgan fingerprint density at radius 3 is 3.18 bits per heavy atom. The smallest absolute Gasteiger partial charge is 0.254 e. The van der Waals surface area contributed by atoms with Crippen molar-refractivity contribution < 1.29 is 14.6 Å². The molecule has 0 aliphatic carbocycles. The van der Waals surface area contributed by atoms with Gasteiger partial charge in [0.2, 0.25) is 0 Å². The molecule has 92 valence electrons. The topological polar surface area (TPSA) is 71.5 Å². The van der Waals surface area contributed by atoms with E-state index in [0.717, 1.165) is 0 Å². The van der Waals surface area contributed by atoms with Crippen molar-refractivity contribution in [3.8, 4) is 0 Å². The molecule has 1 aliphatic rings. The number of hydrogen-bond acceptors (Lipinski definition) is 4. The Hall–Kier alpha value is -1.17. The number of amides is 1. The normalized spacial score (nSPS) is 23.6. The molecule has 1 unspecified atom stereocenters. The molecule has 1 fully saturated rings. The number of halogens is 1. The molecule has 6 heteroatoms. The summed E-state index contributed by atoms with van der Waals surface area (Å²) >= 11 is 5.79. The Kier molecular flexibility index (Phi) is 3.61. The van der Waals surface area contributed by atoms with Gasteiger partial charge in [-0.05, 0) is 12.1 Å². The average molecular weight is 257 g/mol. The molecule has 2 heterocycles. The molecule has 1 aromatic heterocycles. The number of carbonyl (C=O) groups is 1. The van der Waals surface area contributed by atoms with Crippen LogP contribution in [0.25, 0.3) is 0 Å². The number of aromatic nitrogens is 1. The summed E-state index contributed by atoms with van der Waals surface area (Å²) in [5.74, 6) is -0.344. The summed E-state index contributed by atoms with van der Waals surface area (Å²) in [5.41, 5.74) is -0.665. The van der Waals surface area contributed by atoms with E-state index in [4.69, 9.17) is 16.3 Å². The Labute approximate surface area is 104 Å². The van der Waals surface area contributed by atoms with Gasteiger partial charge in [-0.15, -0.1) is 0 Å². The second kappa shape index (κ2) is 5.00. The number of carbonyl (C=O) groups excluding carboxylic acids is 1. The van der Waals surface area contributed by atoms with Gasteiger partial charge < -0.3 is 15.2 Å². The van der Waals surface area contributed by atoms with Crippen LogP contribution in [0.3, 0.4) is 0 Å². The lowest BCUT2D eigenvalue weighted by Gasteiger charge is -2.20. The Balaban J connectivity index is 1.96. The molecule has 1 saturated heterocycles. The molecular weight excluding hydrogens is 244 g/mol. The molecular formula is C11H13ClN2O3. The lowest BCUT2D eigenvalue weighted by atomic mass is 10.0. The number of ether oxygens (including phenoxy) is 1. The molecule has 17 heavy (non-hydrogen) atoms. The molecule has 0 radical (unpaired) electrons. The monoisotopic (exact) mass is 256 g/mol. The van der Waals surface area contributed by atoms with E-state index in [1.54, 1.807) is 12.1 Å². The highest BCUT2D eigenvalue weighted by atomic mass is 35.5. The van der Waals surface area contributed by atoms with Gasteiger partial charge in [-0.3, -0.25) is 4.79 Å². The van der Waals surface area contributed by atoms with E-state index >= 15 is 0 Å². The average Bonchev–Trinajstić information content (AvgIpc) is 2.74. The zero-order valence-corrected chi connectivity index (χ0v) is 9.91. The third kappa shape index (κ3) is 2.94. The van der Waals surface area contributed by atoms with E-state index < -0.39 is 5.60 Å². The first kappa shape index (κ1) is 12.3. The zero-order chi connectivity index (χ0) is 12.3. The van der Waals surface area contributed by atoms with Crippen molar-refractivity contribution in [3.63, 3.8) is 0 Å². The minimum Gasteiger partial charge on any atom is -0.386 e. The van der Waals surface area contributed by atoms with E-state index in [2.05, 4.69) is 10.3 Å². The molecule has 1 atom stereocenters. The van der Waals surface area contributed by atoms with Crippen molar-refractivity contribution in [1.82, 2.24) is 10.3 Å². The zero-order valence-electron chi connectivity index (χ0n) is 9.15. The third-order valence-electron chi connectivity index (χ3n) is 2.66. The third-order valence-corrected chi connectivity index (χ3v) is 2.97. The summed E-state index contributed by atoms with van der Waals surface area (Å²) in [6.07, 6.45) is 2.03.